The van der Waals surface area contributed by atoms with Crippen molar-refractivity contribution in [2.45, 2.75) is 26.3 Å². The zero-order valence-electron chi connectivity index (χ0n) is 24.4. The van der Waals surface area contributed by atoms with E-state index >= 15 is 0 Å². The largest absolute Gasteiger partial charge is 0.368 e. The number of piperidine rings is 1. The van der Waals surface area contributed by atoms with Gasteiger partial charge in [0, 0.05) is 95.2 Å². The van der Waals surface area contributed by atoms with Crippen molar-refractivity contribution in [2.24, 2.45) is 13.0 Å². The highest BCUT2D eigenvalue weighted by Gasteiger charge is 2.24. The lowest BCUT2D eigenvalue weighted by atomic mass is 9.98. The Labute approximate surface area is 249 Å². The molecule has 0 radical (unpaired) electrons. The van der Waals surface area contributed by atoms with Gasteiger partial charge in [-0.15, -0.1) is 5.10 Å². The SMILES string of the molecule is CC(=O)N1CCN(c2ccc(-c3cnc(N4CCC[C@H](Cn5nnc6ncc(-c7cnn(C)c7)nc65)C4)nc3)cc2)CC1. The number of piperazine rings is 1. The number of hydrogen-bond donors (Lipinski definition) is 0. The summed E-state index contributed by atoms with van der Waals surface area (Å²) < 4.78 is 3.62. The average molecular weight is 579 g/mol. The molecular weight excluding hydrogens is 544 g/mol. The zero-order valence-corrected chi connectivity index (χ0v) is 24.4. The van der Waals surface area contributed by atoms with Gasteiger partial charge >= 0.3 is 0 Å². The van der Waals surface area contributed by atoms with Gasteiger partial charge in [-0.25, -0.2) is 24.6 Å². The first-order chi connectivity index (χ1) is 21.0. The van der Waals surface area contributed by atoms with Crippen molar-refractivity contribution in [2.75, 3.05) is 49.1 Å². The summed E-state index contributed by atoms with van der Waals surface area (Å²) in [5.74, 6) is 1.25. The molecule has 43 heavy (non-hydrogen) atoms. The van der Waals surface area contributed by atoms with Crippen LogP contribution < -0.4 is 9.80 Å². The molecule has 7 rings (SSSR count). The highest BCUT2D eigenvalue weighted by molar-refractivity contribution is 5.74. The molecule has 13 nitrogen and oxygen atoms in total. The molecule has 0 saturated carbocycles. The molecule has 5 aromatic rings. The summed E-state index contributed by atoms with van der Waals surface area (Å²) in [4.78, 5) is 36.9. The zero-order chi connectivity index (χ0) is 29.3. The smallest absolute Gasteiger partial charge is 0.225 e. The summed E-state index contributed by atoms with van der Waals surface area (Å²) >= 11 is 0. The number of fused-ring (bicyclic) bond motifs is 1. The molecule has 2 fully saturated rings. The van der Waals surface area contributed by atoms with Gasteiger partial charge in [0.1, 0.15) is 0 Å². The minimum atomic E-state index is 0.146. The van der Waals surface area contributed by atoms with Crippen LogP contribution in [0.4, 0.5) is 11.6 Å². The molecule has 1 atom stereocenters. The first-order valence-corrected chi connectivity index (χ1v) is 14.7. The number of rotatable bonds is 6. The molecule has 0 spiro atoms. The van der Waals surface area contributed by atoms with Crippen LogP contribution in [0.1, 0.15) is 19.8 Å². The van der Waals surface area contributed by atoms with Gasteiger partial charge < -0.3 is 14.7 Å². The van der Waals surface area contributed by atoms with Gasteiger partial charge in [-0.2, -0.15) is 5.10 Å². The number of amides is 1. The molecule has 2 aliphatic heterocycles. The van der Waals surface area contributed by atoms with E-state index in [0.717, 1.165) is 80.4 Å². The Hall–Kier alpha value is -4.94. The number of carbonyl (C=O) groups excluding carboxylic acids is 1. The quantitative estimate of drug-likeness (QED) is 0.297. The normalized spacial score (nSPS) is 17.5. The van der Waals surface area contributed by atoms with E-state index in [1.165, 1.54) is 5.69 Å². The second-order valence-corrected chi connectivity index (χ2v) is 11.3. The fraction of sp³-hybridized carbons (Fsp3) is 0.400. The fourth-order valence-corrected chi connectivity index (χ4v) is 5.99. The van der Waals surface area contributed by atoms with E-state index in [9.17, 15) is 4.79 Å². The number of hydrogen-bond acceptors (Lipinski definition) is 10. The third-order valence-electron chi connectivity index (χ3n) is 8.39. The number of benzene rings is 1. The molecule has 1 amide bonds. The molecule has 4 aromatic heterocycles. The van der Waals surface area contributed by atoms with Crippen LogP contribution in [0.3, 0.4) is 0 Å². The van der Waals surface area contributed by atoms with Gasteiger partial charge in [0.05, 0.1) is 18.1 Å². The van der Waals surface area contributed by atoms with Crippen molar-refractivity contribution in [3.63, 3.8) is 0 Å². The summed E-state index contributed by atoms with van der Waals surface area (Å²) in [6.07, 6.45) is 11.4. The van der Waals surface area contributed by atoms with Crippen molar-refractivity contribution in [1.29, 1.82) is 0 Å². The Kier molecular flexibility index (Phi) is 7.13. The van der Waals surface area contributed by atoms with E-state index in [0.29, 0.717) is 23.8 Å². The second-order valence-electron chi connectivity index (χ2n) is 11.3. The molecule has 1 aromatic carbocycles. The minimum Gasteiger partial charge on any atom is -0.368 e. The standard InChI is InChI=1S/C30H34N12O/c1-21(43)39-10-12-40(13-11-39)26-7-5-23(6-8-26)24-14-32-30(33-15-24)41-9-3-4-22(18-41)19-42-29-28(36-37-42)31-17-27(35-29)25-16-34-38(2)20-25/h5-8,14-17,20,22H,3-4,9-13,18-19H2,1-2H3/t22-/m0/s1. The average Bonchev–Trinajstić information content (AvgIpc) is 3.67. The van der Waals surface area contributed by atoms with E-state index in [1.807, 2.05) is 35.2 Å². The fourth-order valence-electron chi connectivity index (χ4n) is 5.99. The Balaban J connectivity index is 0.997. The Morgan fingerprint density at radius 3 is 2.40 bits per heavy atom. The molecule has 2 aliphatic rings. The first kappa shape index (κ1) is 26.9. The summed E-state index contributed by atoms with van der Waals surface area (Å²) in [7, 11) is 1.88. The number of aryl methyl sites for hydroxylation is 1. The topological polar surface area (TPSA) is 127 Å². The molecule has 220 valence electrons. The van der Waals surface area contributed by atoms with Crippen LogP contribution in [0.15, 0.2) is 55.2 Å². The van der Waals surface area contributed by atoms with Crippen LogP contribution >= 0.6 is 0 Å². The van der Waals surface area contributed by atoms with E-state index in [2.05, 4.69) is 54.5 Å². The van der Waals surface area contributed by atoms with E-state index in [-0.39, 0.29) is 5.91 Å². The predicted molar refractivity (Wildman–Crippen MR) is 162 cm³/mol. The maximum absolute atomic E-state index is 11.6. The summed E-state index contributed by atoms with van der Waals surface area (Å²) in [6, 6.07) is 8.51. The lowest BCUT2D eigenvalue weighted by Crippen LogP contribution is -2.48. The van der Waals surface area contributed by atoms with Gasteiger partial charge in [0.2, 0.25) is 17.5 Å². The van der Waals surface area contributed by atoms with Crippen LogP contribution in [0.25, 0.3) is 33.7 Å². The maximum Gasteiger partial charge on any atom is 0.225 e. The molecular formula is C30H34N12O. The third-order valence-corrected chi connectivity index (χ3v) is 8.39. The monoisotopic (exact) mass is 578 g/mol. The summed E-state index contributed by atoms with van der Waals surface area (Å²) in [5.41, 5.74) is 6.13. The predicted octanol–water partition coefficient (Wildman–Crippen LogP) is 2.66. The Bertz CT molecular complexity index is 1720. The van der Waals surface area contributed by atoms with Gasteiger partial charge in [0.15, 0.2) is 5.65 Å². The second kappa shape index (κ2) is 11.4. The molecule has 2 saturated heterocycles. The van der Waals surface area contributed by atoms with Crippen LogP contribution in [0.2, 0.25) is 0 Å². The first-order valence-electron chi connectivity index (χ1n) is 14.7. The van der Waals surface area contributed by atoms with Crippen LogP contribution in [0.5, 0.6) is 0 Å². The van der Waals surface area contributed by atoms with Crippen LogP contribution in [-0.4, -0.2) is 94.8 Å². The van der Waals surface area contributed by atoms with Crippen LogP contribution in [-0.2, 0) is 18.4 Å². The number of anilines is 2. The lowest BCUT2D eigenvalue weighted by molar-refractivity contribution is -0.129. The van der Waals surface area contributed by atoms with Crippen LogP contribution in [0, 0.1) is 5.92 Å². The summed E-state index contributed by atoms with van der Waals surface area (Å²) in [6.45, 7) is 7.32. The van der Waals surface area contributed by atoms with Crippen molar-refractivity contribution < 1.29 is 4.79 Å². The Morgan fingerprint density at radius 2 is 1.67 bits per heavy atom. The maximum atomic E-state index is 11.6. The molecule has 0 bridgehead atoms. The molecule has 13 heteroatoms. The molecule has 0 N–H and O–H groups in total. The minimum absolute atomic E-state index is 0.146. The van der Waals surface area contributed by atoms with Gasteiger partial charge in [-0.3, -0.25) is 9.48 Å². The molecule has 6 heterocycles. The van der Waals surface area contributed by atoms with E-state index in [4.69, 9.17) is 15.0 Å². The van der Waals surface area contributed by atoms with Crippen molar-refractivity contribution in [1.82, 2.24) is 49.6 Å². The Morgan fingerprint density at radius 1 is 0.884 bits per heavy atom. The highest BCUT2D eigenvalue weighted by Crippen LogP contribution is 2.26. The highest BCUT2D eigenvalue weighted by atomic mass is 16.2. The lowest BCUT2D eigenvalue weighted by Gasteiger charge is -2.35. The number of carbonyl (C=O) groups is 1. The molecule has 0 unspecified atom stereocenters. The van der Waals surface area contributed by atoms with Crippen molar-refractivity contribution in [3.8, 4) is 22.4 Å². The van der Waals surface area contributed by atoms with Crippen molar-refractivity contribution in [3.05, 3.63) is 55.2 Å². The van der Waals surface area contributed by atoms with E-state index in [1.54, 1.807) is 24.0 Å². The van der Waals surface area contributed by atoms with Gasteiger partial charge in [0.25, 0.3) is 0 Å². The number of nitrogens with zero attached hydrogens (tertiary/aromatic N) is 12. The van der Waals surface area contributed by atoms with Gasteiger partial charge in [-0.05, 0) is 36.5 Å². The molecule has 0 aliphatic carbocycles. The van der Waals surface area contributed by atoms with Crippen molar-refractivity contribution >= 4 is 28.8 Å². The van der Waals surface area contributed by atoms with E-state index < -0.39 is 0 Å². The van der Waals surface area contributed by atoms with Gasteiger partial charge in [-0.1, -0.05) is 17.3 Å². The number of aromatic nitrogens is 9. The third kappa shape index (κ3) is 5.62. The summed E-state index contributed by atoms with van der Waals surface area (Å²) in [5, 5.41) is 12.9.